The third kappa shape index (κ3) is 2.44. The molecule has 0 saturated heterocycles. The Morgan fingerprint density at radius 1 is 1.21 bits per heavy atom. The van der Waals surface area contributed by atoms with Gasteiger partial charge in [0.2, 0.25) is 0 Å². The lowest BCUT2D eigenvalue weighted by Crippen LogP contribution is -2.19. The van der Waals surface area contributed by atoms with Crippen molar-refractivity contribution in [3.8, 4) is 0 Å². The van der Waals surface area contributed by atoms with Crippen molar-refractivity contribution in [2.75, 3.05) is 5.75 Å². The van der Waals surface area contributed by atoms with E-state index in [1.54, 1.807) is 0 Å². The van der Waals surface area contributed by atoms with E-state index in [0.717, 1.165) is 0 Å². The predicted octanol–water partition coefficient (Wildman–Crippen LogP) is 3.13. The second-order valence-electron chi connectivity index (χ2n) is 3.91. The molecule has 0 bridgehead atoms. The highest BCUT2D eigenvalue weighted by molar-refractivity contribution is 7.99. The molecule has 1 aliphatic rings. The fraction of sp³-hybridized carbons (Fsp3) is 0.273. The van der Waals surface area contributed by atoms with Crippen LogP contribution in [0.1, 0.15) is 26.3 Å². The number of amides is 2. The number of fused-ring (bicyclic) bond motifs is 1. The summed E-state index contributed by atoms with van der Waals surface area (Å²) in [5.41, 5.74) is -0.105. The summed E-state index contributed by atoms with van der Waals surface area (Å²) in [4.78, 5) is 23.0. The molecule has 19 heavy (non-hydrogen) atoms. The maximum Gasteiger partial charge on any atom is 0.398 e. The van der Waals surface area contributed by atoms with Gasteiger partial charge in [-0.3, -0.25) is 9.59 Å². The van der Waals surface area contributed by atoms with Gasteiger partial charge in [-0.25, -0.2) is 0 Å². The quantitative estimate of drug-likeness (QED) is 0.364. The predicted molar refractivity (Wildman–Crippen MR) is 59.6 cm³/mol. The Morgan fingerprint density at radius 3 is 2.42 bits per heavy atom. The lowest BCUT2D eigenvalue weighted by molar-refractivity contribution is -0.105. The van der Waals surface area contributed by atoms with Crippen molar-refractivity contribution in [3.63, 3.8) is 0 Å². The van der Waals surface area contributed by atoms with Crippen LogP contribution in [0, 0.1) is 6.92 Å². The molecule has 0 unspecified atom stereocenters. The number of halogens is 4. The molecule has 1 heterocycles. The maximum absolute atomic E-state index is 13.1. The summed E-state index contributed by atoms with van der Waals surface area (Å²) in [5, 5.41) is -0.532. The van der Waals surface area contributed by atoms with Crippen LogP contribution in [0.2, 0.25) is 0 Å². The molecule has 0 atom stereocenters. The first-order chi connectivity index (χ1) is 8.72. The molecule has 2 amide bonds. The molecule has 0 fully saturated rings. The zero-order valence-corrected chi connectivity index (χ0v) is 10.4. The standard InChI is InChI=1S/C11H7F4NO2S/c1-5-7(19-4-11(12,13)14)3-2-6-8(5)10(18)16(15)9(6)17/h2-3H,4H2,1H3. The summed E-state index contributed by atoms with van der Waals surface area (Å²) >= 11 is 0.495. The third-order valence-electron chi connectivity index (χ3n) is 2.61. The van der Waals surface area contributed by atoms with Crippen molar-refractivity contribution < 1.29 is 27.2 Å². The van der Waals surface area contributed by atoms with E-state index in [4.69, 9.17) is 0 Å². The average Bonchev–Trinajstić information content (AvgIpc) is 2.53. The average molecular weight is 293 g/mol. The Balaban J connectivity index is 2.37. The Bertz CT molecular complexity index is 571. The Labute approximate surface area is 109 Å². The van der Waals surface area contributed by atoms with Gasteiger partial charge in [-0.05, 0) is 24.6 Å². The number of nitrogens with zero attached hydrogens (tertiary/aromatic N) is 1. The van der Waals surface area contributed by atoms with Crippen LogP contribution in [0.4, 0.5) is 17.7 Å². The number of carbonyl (C=O) groups is 2. The Kier molecular flexibility index (Phi) is 3.29. The van der Waals surface area contributed by atoms with Crippen molar-refractivity contribution in [2.24, 2.45) is 0 Å². The molecular weight excluding hydrogens is 286 g/mol. The highest BCUT2D eigenvalue weighted by Gasteiger charge is 2.38. The highest BCUT2D eigenvalue weighted by Crippen LogP contribution is 2.35. The Morgan fingerprint density at radius 2 is 1.84 bits per heavy atom. The maximum atomic E-state index is 13.1. The fourth-order valence-corrected chi connectivity index (χ4v) is 2.56. The summed E-state index contributed by atoms with van der Waals surface area (Å²) < 4.78 is 49.6. The van der Waals surface area contributed by atoms with E-state index in [1.807, 2.05) is 0 Å². The van der Waals surface area contributed by atoms with Gasteiger partial charge in [0, 0.05) is 4.90 Å². The zero-order valence-electron chi connectivity index (χ0n) is 9.55. The topological polar surface area (TPSA) is 37.4 Å². The third-order valence-corrected chi connectivity index (χ3v) is 3.83. The number of carbonyl (C=O) groups excluding carboxylic acids is 2. The molecule has 0 aromatic heterocycles. The minimum atomic E-state index is -4.35. The molecule has 1 aromatic carbocycles. The molecule has 0 spiro atoms. The summed E-state index contributed by atoms with van der Waals surface area (Å²) in [6, 6.07) is 2.45. The number of hydrogen-bond acceptors (Lipinski definition) is 3. The van der Waals surface area contributed by atoms with Crippen molar-refractivity contribution in [1.29, 1.82) is 0 Å². The van der Waals surface area contributed by atoms with Gasteiger partial charge in [0.15, 0.2) is 0 Å². The molecule has 1 aliphatic heterocycles. The molecule has 0 N–H and O–H groups in total. The molecule has 0 aliphatic carbocycles. The monoisotopic (exact) mass is 293 g/mol. The summed E-state index contributed by atoms with van der Waals surface area (Å²) in [6.07, 6.45) is -4.35. The SMILES string of the molecule is Cc1c(SCC(F)(F)F)ccc2c1C(=O)N(F)C2=O. The summed E-state index contributed by atoms with van der Waals surface area (Å²) in [6.45, 7) is 1.39. The summed E-state index contributed by atoms with van der Waals surface area (Å²) in [5.74, 6) is -3.34. The van der Waals surface area contributed by atoms with E-state index in [-0.39, 0.29) is 21.6 Å². The van der Waals surface area contributed by atoms with Gasteiger partial charge >= 0.3 is 6.18 Å². The molecule has 2 rings (SSSR count). The van der Waals surface area contributed by atoms with E-state index in [9.17, 15) is 27.2 Å². The van der Waals surface area contributed by atoms with E-state index in [1.165, 1.54) is 19.1 Å². The molecule has 1 aromatic rings. The first kappa shape index (κ1) is 13.9. The molecular formula is C11H7F4NO2S. The minimum absolute atomic E-state index is 0.124. The molecule has 102 valence electrons. The van der Waals surface area contributed by atoms with Gasteiger partial charge in [0.05, 0.1) is 16.9 Å². The number of hydrogen-bond donors (Lipinski definition) is 0. The van der Waals surface area contributed by atoms with Gasteiger partial charge in [-0.15, -0.1) is 16.9 Å². The van der Waals surface area contributed by atoms with E-state index in [2.05, 4.69) is 0 Å². The first-order valence-electron chi connectivity index (χ1n) is 5.10. The largest absolute Gasteiger partial charge is 0.398 e. The van der Waals surface area contributed by atoms with E-state index in [0.29, 0.717) is 11.8 Å². The number of thioether (sulfide) groups is 1. The van der Waals surface area contributed by atoms with Crippen LogP contribution in [0.15, 0.2) is 17.0 Å². The molecule has 8 heteroatoms. The van der Waals surface area contributed by atoms with Crippen LogP contribution in [0.25, 0.3) is 0 Å². The van der Waals surface area contributed by atoms with Gasteiger partial charge in [0.1, 0.15) is 0 Å². The van der Waals surface area contributed by atoms with Gasteiger partial charge in [0.25, 0.3) is 11.8 Å². The highest BCUT2D eigenvalue weighted by atomic mass is 32.2. The van der Waals surface area contributed by atoms with Crippen LogP contribution < -0.4 is 0 Å². The first-order valence-corrected chi connectivity index (χ1v) is 6.08. The van der Waals surface area contributed by atoms with Crippen LogP contribution in [0.5, 0.6) is 0 Å². The normalized spacial score (nSPS) is 15.1. The number of benzene rings is 1. The fourth-order valence-electron chi connectivity index (χ4n) is 1.76. The van der Waals surface area contributed by atoms with Crippen LogP contribution in [-0.2, 0) is 0 Å². The van der Waals surface area contributed by atoms with Crippen LogP contribution >= 0.6 is 11.8 Å². The lowest BCUT2D eigenvalue weighted by atomic mass is 10.0. The van der Waals surface area contributed by atoms with Crippen molar-refractivity contribution >= 4 is 23.6 Å². The van der Waals surface area contributed by atoms with Crippen molar-refractivity contribution in [2.45, 2.75) is 18.0 Å². The smallest absolute Gasteiger partial charge is 0.266 e. The van der Waals surface area contributed by atoms with E-state index < -0.39 is 28.9 Å². The molecule has 0 saturated carbocycles. The minimum Gasteiger partial charge on any atom is -0.266 e. The van der Waals surface area contributed by atoms with Gasteiger partial charge < -0.3 is 0 Å². The second-order valence-corrected chi connectivity index (χ2v) is 4.92. The second kappa shape index (κ2) is 4.52. The van der Waals surface area contributed by atoms with Crippen molar-refractivity contribution in [3.05, 3.63) is 28.8 Å². The molecule has 0 radical (unpaired) electrons. The van der Waals surface area contributed by atoms with Gasteiger partial charge in [-0.1, -0.05) is 4.48 Å². The summed E-state index contributed by atoms with van der Waals surface area (Å²) in [7, 11) is 0. The van der Waals surface area contributed by atoms with Gasteiger partial charge in [-0.2, -0.15) is 13.2 Å². The number of imide groups is 1. The Hall–Kier alpha value is -1.57. The molecule has 3 nitrogen and oxygen atoms in total. The lowest BCUT2D eigenvalue weighted by Gasteiger charge is -2.10. The van der Waals surface area contributed by atoms with Crippen molar-refractivity contribution in [1.82, 2.24) is 5.12 Å². The zero-order chi connectivity index (χ0) is 14.4. The number of rotatable bonds is 2. The van der Waals surface area contributed by atoms with Crippen LogP contribution in [-0.4, -0.2) is 28.9 Å². The number of alkyl halides is 3. The van der Waals surface area contributed by atoms with E-state index >= 15 is 0 Å². The van der Waals surface area contributed by atoms with Crippen LogP contribution in [0.3, 0.4) is 0 Å².